The summed E-state index contributed by atoms with van der Waals surface area (Å²) >= 11 is 0. The van der Waals surface area contributed by atoms with Crippen LogP contribution in [0.3, 0.4) is 0 Å². The van der Waals surface area contributed by atoms with Crippen LogP contribution in [0.4, 0.5) is 0 Å². The summed E-state index contributed by atoms with van der Waals surface area (Å²) in [5.41, 5.74) is -0.849. The van der Waals surface area contributed by atoms with Gasteiger partial charge in [-0.15, -0.1) is 0 Å². The van der Waals surface area contributed by atoms with Crippen LogP contribution in [0.1, 0.15) is 47.0 Å². The number of hydrogen-bond acceptors (Lipinski definition) is 3. The fourth-order valence-corrected chi connectivity index (χ4v) is 2.60. The average Bonchev–Trinajstić information content (AvgIpc) is 2.72. The maximum Gasteiger partial charge on any atom is 0.324 e. The first-order chi connectivity index (χ1) is 8.83. The average molecular weight is 270 g/mol. The molecule has 0 radical (unpaired) electrons. The van der Waals surface area contributed by atoms with E-state index < -0.39 is 11.5 Å². The lowest BCUT2D eigenvalue weighted by Crippen LogP contribution is -2.54. The molecule has 0 aromatic rings. The number of carbonyl (C=O) groups excluding carboxylic acids is 1. The topological polar surface area (TPSA) is 69.6 Å². The molecule has 1 fully saturated rings. The highest BCUT2D eigenvalue weighted by Crippen LogP contribution is 2.32. The summed E-state index contributed by atoms with van der Waals surface area (Å²) in [6.45, 7) is 8.81. The number of carboxylic acid groups (broad SMARTS) is 1. The van der Waals surface area contributed by atoms with Gasteiger partial charge in [-0.1, -0.05) is 20.8 Å². The highest BCUT2D eigenvalue weighted by Gasteiger charge is 2.46. The molecule has 5 nitrogen and oxygen atoms in total. The molecular weight excluding hydrogens is 244 g/mol. The highest BCUT2D eigenvalue weighted by atomic mass is 16.4. The molecule has 110 valence electrons. The lowest BCUT2D eigenvalue weighted by molar-refractivity contribution is -0.150. The van der Waals surface area contributed by atoms with Crippen molar-refractivity contribution in [1.82, 2.24) is 10.2 Å². The van der Waals surface area contributed by atoms with E-state index in [1.165, 1.54) is 0 Å². The second kappa shape index (κ2) is 6.37. The zero-order chi connectivity index (χ0) is 14.6. The minimum absolute atomic E-state index is 0.0813. The number of nitrogens with one attached hydrogen (secondary N) is 1. The minimum Gasteiger partial charge on any atom is -0.480 e. The molecule has 1 saturated heterocycles. The monoisotopic (exact) mass is 270 g/mol. The molecule has 0 aromatic heterocycles. The van der Waals surface area contributed by atoms with Crippen molar-refractivity contribution in [2.24, 2.45) is 5.92 Å². The van der Waals surface area contributed by atoms with Crippen LogP contribution in [0.2, 0.25) is 0 Å². The van der Waals surface area contributed by atoms with Crippen LogP contribution in [0, 0.1) is 5.92 Å². The van der Waals surface area contributed by atoms with Crippen molar-refractivity contribution in [2.75, 3.05) is 13.1 Å². The van der Waals surface area contributed by atoms with E-state index in [-0.39, 0.29) is 18.5 Å². The van der Waals surface area contributed by atoms with Gasteiger partial charge in [-0.3, -0.25) is 14.5 Å². The first-order valence-electron chi connectivity index (χ1n) is 7.11. The van der Waals surface area contributed by atoms with E-state index in [1.54, 1.807) is 0 Å². The van der Waals surface area contributed by atoms with Crippen LogP contribution in [-0.2, 0) is 9.59 Å². The summed E-state index contributed by atoms with van der Waals surface area (Å²) in [4.78, 5) is 25.3. The van der Waals surface area contributed by atoms with E-state index >= 15 is 0 Å². The predicted octanol–water partition coefficient (Wildman–Crippen LogP) is 1.48. The van der Waals surface area contributed by atoms with Gasteiger partial charge in [-0.2, -0.15) is 0 Å². The van der Waals surface area contributed by atoms with E-state index in [0.717, 1.165) is 6.42 Å². The first-order valence-corrected chi connectivity index (χ1v) is 7.11. The van der Waals surface area contributed by atoms with E-state index in [2.05, 4.69) is 5.32 Å². The summed E-state index contributed by atoms with van der Waals surface area (Å²) in [7, 11) is 0. The Morgan fingerprint density at radius 2 is 2.00 bits per heavy atom. The Balaban J connectivity index is 2.65. The molecule has 1 aliphatic rings. The van der Waals surface area contributed by atoms with Gasteiger partial charge in [0.15, 0.2) is 0 Å². The Hall–Kier alpha value is -1.10. The largest absolute Gasteiger partial charge is 0.480 e. The third kappa shape index (κ3) is 3.47. The summed E-state index contributed by atoms with van der Waals surface area (Å²) < 4.78 is 0. The minimum atomic E-state index is -0.849. The van der Waals surface area contributed by atoms with Crippen LogP contribution < -0.4 is 5.32 Å². The third-order valence-electron chi connectivity index (χ3n) is 4.33. The number of aliphatic carboxylic acids is 1. The Morgan fingerprint density at radius 3 is 2.47 bits per heavy atom. The molecule has 0 spiro atoms. The van der Waals surface area contributed by atoms with Gasteiger partial charge in [-0.05, 0) is 38.6 Å². The zero-order valence-corrected chi connectivity index (χ0v) is 12.4. The smallest absolute Gasteiger partial charge is 0.324 e. The van der Waals surface area contributed by atoms with Crippen LogP contribution in [-0.4, -0.2) is 46.6 Å². The van der Waals surface area contributed by atoms with Crippen LogP contribution in [0.15, 0.2) is 0 Å². The van der Waals surface area contributed by atoms with Crippen molar-refractivity contribution in [3.63, 3.8) is 0 Å². The Morgan fingerprint density at radius 1 is 1.37 bits per heavy atom. The van der Waals surface area contributed by atoms with Crippen LogP contribution in [0.5, 0.6) is 0 Å². The maximum atomic E-state index is 12.0. The van der Waals surface area contributed by atoms with E-state index in [9.17, 15) is 14.7 Å². The third-order valence-corrected chi connectivity index (χ3v) is 4.33. The molecule has 5 heteroatoms. The first kappa shape index (κ1) is 16.0. The molecule has 1 amide bonds. The second-order valence-electron chi connectivity index (χ2n) is 5.82. The molecule has 0 bridgehead atoms. The summed E-state index contributed by atoms with van der Waals surface area (Å²) in [5.74, 6) is -0.516. The molecule has 1 aliphatic heterocycles. The summed E-state index contributed by atoms with van der Waals surface area (Å²) in [6.07, 6.45) is 2.01. The van der Waals surface area contributed by atoms with Crippen molar-refractivity contribution >= 4 is 11.9 Å². The normalized spacial score (nSPS) is 25.5. The van der Waals surface area contributed by atoms with E-state index in [1.807, 2.05) is 32.6 Å². The highest BCUT2D eigenvalue weighted by molar-refractivity contribution is 5.82. The van der Waals surface area contributed by atoms with Gasteiger partial charge in [0.05, 0.1) is 6.54 Å². The molecule has 0 aliphatic carbocycles. The fraction of sp³-hybridized carbons (Fsp3) is 0.857. The number of carbonyl (C=O) groups is 2. The van der Waals surface area contributed by atoms with Gasteiger partial charge in [0.25, 0.3) is 0 Å². The number of rotatable bonds is 6. The molecule has 1 heterocycles. The standard InChI is InChI=1S/C14H26N2O3/c1-5-14(13(18)19)7-6-8-16(14)9-12(17)15-11(4)10(2)3/h10-11H,5-9H2,1-4H3,(H,15,17)(H,18,19). The maximum absolute atomic E-state index is 12.0. The zero-order valence-electron chi connectivity index (χ0n) is 12.4. The van der Waals surface area contributed by atoms with Gasteiger partial charge >= 0.3 is 5.97 Å². The Bertz CT molecular complexity index is 344. The number of hydrogen-bond donors (Lipinski definition) is 2. The van der Waals surface area contributed by atoms with Gasteiger partial charge in [-0.25, -0.2) is 0 Å². The van der Waals surface area contributed by atoms with Gasteiger partial charge in [0.2, 0.25) is 5.91 Å². The number of likely N-dealkylation sites (tertiary alicyclic amines) is 1. The molecule has 1 rings (SSSR count). The second-order valence-corrected chi connectivity index (χ2v) is 5.82. The van der Waals surface area contributed by atoms with Crippen molar-refractivity contribution < 1.29 is 14.7 Å². The summed E-state index contributed by atoms with van der Waals surface area (Å²) in [5, 5.41) is 12.4. The fourth-order valence-electron chi connectivity index (χ4n) is 2.60. The predicted molar refractivity (Wildman–Crippen MR) is 73.9 cm³/mol. The molecular formula is C14H26N2O3. The molecule has 0 saturated carbocycles. The lowest BCUT2D eigenvalue weighted by Gasteiger charge is -2.33. The van der Waals surface area contributed by atoms with Crippen LogP contribution >= 0.6 is 0 Å². The number of amides is 1. The quantitative estimate of drug-likeness (QED) is 0.767. The van der Waals surface area contributed by atoms with Gasteiger partial charge < -0.3 is 10.4 Å². The number of carboxylic acids is 1. The lowest BCUT2D eigenvalue weighted by atomic mass is 9.93. The van der Waals surface area contributed by atoms with Crippen LogP contribution in [0.25, 0.3) is 0 Å². The van der Waals surface area contributed by atoms with Crippen molar-refractivity contribution in [3.8, 4) is 0 Å². The Kier molecular flexibility index (Phi) is 5.35. The molecule has 2 N–H and O–H groups in total. The molecule has 2 atom stereocenters. The Labute approximate surface area is 115 Å². The van der Waals surface area contributed by atoms with Crippen molar-refractivity contribution in [3.05, 3.63) is 0 Å². The molecule has 2 unspecified atom stereocenters. The summed E-state index contributed by atoms with van der Waals surface area (Å²) in [6, 6.07) is 0.107. The van der Waals surface area contributed by atoms with E-state index in [0.29, 0.717) is 25.3 Å². The van der Waals surface area contributed by atoms with Gasteiger partial charge in [0, 0.05) is 6.04 Å². The SMILES string of the molecule is CCC1(C(=O)O)CCCN1CC(=O)NC(C)C(C)C. The van der Waals surface area contributed by atoms with Crippen molar-refractivity contribution in [1.29, 1.82) is 0 Å². The molecule has 19 heavy (non-hydrogen) atoms. The van der Waals surface area contributed by atoms with E-state index in [4.69, 9.17) is 0 Å². The number of nitrogens with zero attached hydrogens (tertiary/aromatic N) is 1. The van der Waals surface area contributed by atoms with Crippen molar-refractivity contribution in [2.45, 2.75) is 58.5 Å². The molecule has 0 aromatic carbocycles. The van der Waals surface area contributed by atoms with Gasteiger partial charge in [0.1, 0.15) is 5.54 Å².